The van der Waals surface area contributed by atoms with Crippen molar-refractivity contribution in [3.8, 4) is 0 Å². The Morgan fingerprint density at radius 3 is 2.67 bits per heavy atom. The van der Waals surface area contributed by atoms with Gasteiger partial charge in [-0.05, 0) is 19.8 Å². The third-order valence-electron chi connectivity index (χ3n) is 4.31. The van der Waals surface area contributed by atoms with Gasteiger partial charge in [-0.15, -0.1) is 11.3 Å². The van der Waals surface area contributed by atoms with Gasteiger partial charge >= 0.3 is 0 Å². The van der Waals surface area contributed by atoms with E-state index in [0.29, 0.717) is 29.2 Å². The number of likely N-dealkylation sites (tertiary alicyclic amines) is 1. The number of carbonyl (C=O) groups is 2. The number of hydrogen-bond acceptors (Lipinski definition) is 6. The molecular formula is C16H19N5O2S. The first-order valence-corrected chi connectivity index (χ1v) is 8.56. The zero-order valence-electron chi connectivity index (χ0n) is 13.9. The minimum atomic E-state index is -1.11. The number of carbonyl (C=O) groups excluding carboxylic acids is 2. The molecule has 2 aromatic heterocycles. The Labute approximate surface area is 144 Å². The van der Waals surface area contributed by atoms with Gasteiger partial charge in [-0.25, -0.2) is 4.98 Å². The van der Waals surface area contributed by atoms with Crippen molar-refractivity contribution >= 4 is 23.2 Å². The third kappa shape index (κ3) is 2.47. The normalized spacial score (nSPS) is 20.2. The highest BCUT2D eigenvalue weighted by molar-refractivity contribution is 7.11. The summed E-state index contributed by atoms with van der Waals surface area (Å²) in [5.74, 6) is -0.329. The van der Waals surface area contributed by atoms with E-state index < -0.39 is 5.54 Å². The fourth-order valence-electron chi connectivity index (χ4n) is 3.20. The Morgan fingerprint density at radius 1 is 1.29 bits per heavy atom. The number of aryl methyl sites for hydroxylation is 1. The van der Waals surface area contributed by atoms with Gasteiger partial charge in [-0.1, -0.05) is 0 Å². The molecule has 0 aliphatic carbocycles. The molecule has 1 atom stereocenters. The molecule has 0 saturated carbocycles. The fraction of sp³-hybridized carbons (Fsp3) is 0.438. The standard InChI is InChI=1S/C16H19N5O2S/c1-11-13(24-10-19-11)14(22)21-8-4-5-16(21,15(23)20(2)3)12-9-17-6-7-18-12/h6-7,9-10H,4-5,8H2,1-3H3. The summed E-state index contributed by atoms with van der Waals surface area (Å²) in [5.41, 5.74) is 1.74. The second kappa shape index (κ2) is 6.27. The molecule has 7 nitrogen and oxygen atoms in total. The lowest BCUT2D eigenvalue weighted by atomic mass is 9.90. The van der Waals surface area contributed by atoms with E-state index in [1.54, 1.807) is 50.0 Å². The number of nitrogens with zero attached hydrogens (tertiary/aromatic N) is 5. The van der Waals surface area contributed by atoms with E-state index in [9.17, 15) is 9.59 Å². The number of amides is 2. The van der Waals surface area contributed by atoms with Crippen LogP contribution in [0.25, 0.3) is 0 Å². The largest absolute Gasteiger partial charge is 0.346 e. The summed E-state index contributed by atoms with van der Waals surface area (Å²) in [7, 11) is 3.39. The number of likely N-dealkylation sites (N-methyl/N-ethyl adjacent to an activating group) is 1. The summed E-state index contributed by atoms with van der Waals surface area (Å²) >= 11 is 1.30. The van der Waals surface area contributed by atoms with Gasteiger partial charge in [0.2, 0.25) is 0 Å². The van der Waals surface area contributed by atoms with E-state index in [1.807, 2.05) is 0 Å². The number of thiazole rings is 1. The maximum absolute atomic E-state index is 13.1. The highest BCUT2D eigenvalue weighted by atomic mass is 32.1. The molecule has 0 bridgehead atoms. The third-order valence-corrected chi connectivity index (χ3v) is 5.23. The van der Waals surface area contributed by atoms with Crippen LogP contribution in [0.15, 0.2) is 24.1 Å². The first-order chi connectivity index (χ1) is 11.5. The highest BCUT2D eigenvalue weighted by Gasteiger charge is 2.53. The lowest BCUT2D eigenvalue weighted by molar-refractivity contribution is -0.140. The van der Waals surface area contributed by atoms with Gasteiger partial charge in [0.05, 0.1) is 23.1 Å². The van der Waals surface area contributed by atoms with Gasteiger partial charge in [-0.2, -0.15) is 0 Å². The number of aromatic nitrogens is 3. The lowest BCUT2D eigenvalue weighted by Gasteiger charge is -2.38. The molecule has 0 aromatic carbocycles. The van der Waals surface area contributed by atoms with Crippen molar-refractivity contribution in [3.05, 3.63) is 40.4 Å². The number of hydrogen-bond donors (Lipinski definition) is 0. The molecule has 1 unspecified atom stereocenters. The van der Waals surface area contributed by atoms with Crippen LogP contribution in [0.4, 0.5) is 0 Å². The van der Waals surface area contributed by atoms with Crippen molar-refractivity contribution in [2.24, 2.45) is 0 Å². The predicted molar refractivity (Wildman–Crippen MR) is 89.5 cm³/mol. The first kappa shape index (κ1) is 16.5. The summed E-state index contributed by atoms with van der Waals surface area (Å²) in [4.78, 5) is 42.6. The first-order valence-electron chi connectivity index (χ1n) is 7.69. The van der Waals surface area contributed by atoms with Crippen LogP contribution >= 0.6 is 11.3 Å². The molecule has 2 amide bonds. The minimum Gasteiger partial charge on any atom is -0.346 e. The van der Waals surface area contributed by atoms with Gasteiger partial charge in [0.15, 0.2) is 5.54 Å². The summed E-state index contributed by atoms with van der Waals surface area (Å²) in [6.45, 7) is 2.31. The van der Waals surface area contributed by atoms with Gasteiger partial charge in [-0.3, -0.25) is 19.6 Å². The van der Waals surface area contributed by atoms with Crippen LogP contribution in [0.5, 0.6) is 0 Å². The Hall–Kier alpha value is -2.35. The van der Waals surface area contributed by atoms with E-state index in [4.69, 9.17) is 0 Å². The van der Waals surface area contributed by atoms with Crippen molar-refractivity contribution in [3.63, 3.8) is 0 Å². The molecule has 0 N–H and O–H groups in total. The van der Waals surface area contributed by atoms with E-state index in [0.717, 1.165) is 6.42 Å². The van der Waals surface area contributed by atoms with Gasteiger partial charge in [0.1, 0.15) is 4.88 Å². The summed E-state index contributed by atoms with van der Waals surface area (Å²) in [6, 6.07) is 0. The average molecular weight is 345 g/mol. The van der Waals surface area contributed by atoms with Crippen LogP contribution in [0.2, 0.25) is 0 Å². The average Bonchev–Trinajstić information content (AvgIpc) is 3.21. The molecule has 3 heterocycles. The second-order valence-corrected chi connectivity index (χ2v) is 6.83. The molecule has 24 heavy (non-hydrogen) atoms. The molecule has 1 fully saturated rings. The second-order valence-electron chi connectivity index (χ2n) is 5.98. The lowest BCUT2D eigenvalue weighted by Crippen LogP contribution is -2.55. The monoisotopic (exact) mass is 345 g/mol. The fourth-order valence-corrected chi connectivity index (χ4v) is 3.95. The van der Waals surface area contributed by atoms with Crippen molar-refractivity contribution in [2.75, 3.05) is 20.6 Å². The summed E-state index contributed by atoms with van der Waals surface area (Å²) in [6.07, 6.45) is 5.96. The molecule has 2 aromatic rings. The Balaban J connectivity index is 2.12. The van der Waals surface area contributed by atoms with E-state index in [2.05, 4.69) is 15.0 Å². The van der Waals surface area contributed by atoms with Crippen molar-refractivity contribution in [1.82, 2.24) is 24.8 Å². The smallest absolute Gasteiger partial charge is 0.267 e. The minimum absolute atomic E-state index is 0.156. The molecular weight excluding hydrogens is 326 g/mol. The quantitative estimate of drug-likeness (QED) is 0.841. The summed E-state index contributed by atoms with van der Waals surface area (Å²) in [5, 5.41) is 0. The molecule has 1 saturated heterocycles. The van der Waals surface area contributed by atoms with Crippen LogP contribution in [0.1, 0.15) is 33.9 Å². The van der Waals surface area contributed by atoms with E-state index in [1.165, 1.54) is 16.2 Å². The van der Waals surface area contributed by atoms with Gasteiger partial charge in [0.25, 0.3) is 11.8 Å². The highest BCUT2D eigenvalue weighted by Crippen LogP contribution is 2.40. The predicted octanol–water partition coefficient (Wildman–Crippen LogP) is 1.46. The zero-order valence-corrected chi connectivity index (χ0v) is 14.7. The molecule has 1 aliphatic heterocycles. The van der Waals surface area contributed by atoms with Crippen molar-refractivity contribution < 1.29 is 9.59 Å². The molecule has 3 rings (SSSR count). The maximum Gasteiger partial charge on any atom is 0.267 e. The van der Waals surface area contributed by atoms with Crippen molar-refractivity contribution in [1.29, 1.82) is 0 Å². The van der Waals surface area contributed by atoms with Crippen LogP contribution in [0.3, 0.4) is 0 Å². The van der Waals surface area contributed by atoms with Crippen molar-refractivity contribution in [2.45, 2.75) is 25.3 Å². The van der Waals surface area contributed by atoms with Crippen LogP contribution in [-0.2, 0) is 10.3 Å². The molecule has 0 radical (unpaired) electrons. The Bertz CT molecular complexity index is 761. The van der Waals surface area contributed by atoms with Gasteiger partial charge < -0.3 is 9.80 Å². The van der Waals surface area contributed by atoms with E-state index in [-0.39, 0.29) is 11.8 Å². The molecule has 1 aliphatic rings. The van der Waals surface area contributed by atoms with E-state index >= 15 is 0 Å². The molecule has 8 heteroatoms. The zero-order chi connectivity index (χ0) is 17.3. The molecule has 126 valence electrons. The Kier molecular flexibility index (Phi) is 4.31. The summed E-state index contributed by atoms with van der Waals surface area (Å²) < 4.78 is 0. The van der Waals surface area contributed by atoms with Gasteiger partial charge in [0, 0.05) is 33.0 Å². The SMILES string of the molecule is Cc1ncsc1C(=O)N1CCCC1(C(=O)N(C)C)c1cnccn1. The van der Waals surface area contributed by atoms with Crippen LogP contribution in [-0.4, -0.2) is 57.2 Å². The topological polar surface area (TPSA) is 79.3 Å². The van der Waals surface area contributed by atoms with Crippen LogP contribution in [0, 0.1) is 6.92 Å². The number of rotatable bonds is 3. The Morgan fingerprint density at radius 2 is 2.08 bits per heavy atom. The van der Waals surface area contributed by atoms with Crippen LogP contribution < -0.4 is 0 Å². The molecule has 0 spiro atoms. The maximum atomic E-state index is 13.1.